The third-order valence-corrected chi connectivity index (χ3v) is 4.04. The third kappa shape index (κ3) is 2.65. The monoisotopic (exact) mass is 339 g/mol. The van der Waals surface area contributed by atoms with Gasteiger partial charge in [0.1, 0.15) is 5.52 Å². The second-order valence-corrected chi connectivity index (χ2v) is 6.91. The molecular formula is C14H11ClFN3O2S. The number of rotatable bonds is 3. The van der Waals surface area contributed by atoms with E-state index in [4.69, 9.17) is 11.6 Å². The zero-order valence-corrected chi connectivity index (χ0v) is 13.0. The molecule has 0 saturated heterocycles. The first-order chi connectivity index (χ1) is 10.4. The summed E-state index contributed by atoms with van der Waals surface area (Å²) in [6.07, 6.45) is 0.998. The molecule has 0 aliphatic carbocycles. The summed E-state index contributed by atoms with van der Waals surface area (Å²) >= 11 is 6.09. The number of benzene rings is 2. The van der Waals surface area contributed by atoms with E-state index in [1.54, 1.807) is 30.3 Å². The van der Waals surface area contributed by atoms with Gasteiger partial charge in [-0.3, -0.25) is 9.82 Å². The molecule has 3 aromatic rings. The summed E-state index contributed by atoms with van der Waals surface area (Å²) in [4.78, 5) is 0. The number of hydrogen-bond acceptors (Lipinski definition) is 3. The van der Waals surface area contributed by atoms with Gasteiger partial charge >= 0.3 is 0 Å². The Hall–Kier alpha value is -2.12. The average molecular weight is 340 g/mol. The lowest BCUT2D eigenvalue weighted by atomic mass is 10.0. The zero-order chi connectivity index (χ0) is 15.9. The molecule has 0 unspecified atom stereocenters. The molecule has 0 amide bonds. The van der Waals surface area contributed by atoms with E-state index in [0.717, 1.165) is 11.8 Å². The number of aromatic nitrogens is 2. The average Bonchev–Trinajstić information content (AvgIpc) is 2.85. The number of nitrogens with zero attached hydrogens (tertiary/aromatic N) is 1. The van der Waals surface area contributed by atoms with Gasteiger partial charge in [-0.15, -0.1) is 0 Å². The number of nitrogens with one attached hydrogen (secondary N) is 2. The number of anilines is 1. The molecule has 0 aliphatic rings. The Balaban J connectivity index is 2.27. The van der Waals surface area contributed by atoms with Crippen molar-refractivity contribution in [1.29, 1.82) is 0 Å². The van der Waals surface area contributed by atoms with Crippen molar-refractivity contribution < 1.29 is 12.8 Å². The van der Waals surface area contributed by atoms with E-state index < -0.39 is 15.8 Å². The quantitative estimate of drug-likeness (QED) is 0.768. The van der Waals surface area contributed by atoms with E-state index >= 15 is 0 Å². The highest BCUT2D eigenvalue weighted by Gasteiger charge is 2.19. The predicted molar refractivity (Wildman–Crippen MR) is 85.0 cm³/mol. The number of fused-ring (bicyclic) bond motifs is 1. The van der Waals surface area contributed by atoms with Crippen molar-refractivity contribution in [2.45, 2.75) is 0 Å². The van der Waals surface area contributed by atoms with Crippen molar-refractivity contribution in [2.75, 3.05) is 11.0 Å². The Morgan fingerprint density at radius 2 is 1.95 bits per heavy atom. The second kappa shape index (κ2) is 5.26. The molecule has 22 heavy (non-hydrogen) atoms. The van der Waals surface area contributed by atoms with Crippen LogP contribution in [0.2, 0.25) is 5.02 Å². The largest absolute Gasteiger partial charge is 0.273 e. The summed E-state index contributed by atoms with van der Waals surface area (Å²) in [6, 6.07) is 10.6. The fourth-order valence-corrected chi connectivity index (χ4v) is 2.94. The highest BCUT2D eigenvalue weighted by atomic mass is 35.5. The standard InChI is InChI=1S/C14H11ClFN3O2S/c1-22(20,21)19-14-10-7-9(8-5-3-2-4-6-8)11(15)12(16)13(10)17-18-14/h2-7H,1H3,(H2,17,18,19). The van der Waals surface area contributed by atoms with Crippen LogP contribution in [0.15, 0.2) is 36.4 Å². The Labute approximate surface area is 131 Å². The minimum Gasteiger partial charge on any atom is -0.273 e. The zero-order valence-electron chi connectivity index (χ0n) is 11.4. The minimum atomic E-state index is -3.53. The summed E-state index contributed by atoms with van der Waals surface area (Å²) in [5, 5.41) is 6.53. The van der Waals surface area contributed by atoms with Crippen LogP contribution in [0.1, 0.15) is 0 Å². The van der Waals surface area contributed by atoms with Crippen LogP contribution in [0.5, 0.6) is 0 Å². The van der Waals surface area contributed by atoms with E-state index in [0.29, 0.717) is 10.9 Å². The molecule has 0 saturated carbocycles. The summed E-state index contributed by atoms with van der Waals surface area (Å²) in [5.74, 6) is -0.641. The molecule has 0 atom stereocenters. The molecule has 2 aromatic carbocycles. The molecule has 1 heterocycles. The first-order valence-corrected chi connectivity index (χ1v) is 8.53. The van der Waals surface area contributed by atoms with Gasteiger partial charge in [0.05, 0.1) is 11.3 Å². The molecule has 0 fully saturated rings. The maximum atomic E-state index is 14.4. The van der Waals surface area contributed by atoms with Crippen molar-refractivity contribution in [2.24, 2.45) is 0 Å². The molecule has 5 nitrogen and oxygen atoms in total. The van der Waals surface area contributed by atoms with Gasteiger partial charge in [-0.2, -0.15) is 5.10 Å². The van der Waals surface area contributed by atoms with Crippen LogP contribution in [-0.2, 0) is 10.0 Å². The molecule has 0 aliphatic heterocycles. The number of sulfonamides is 1. The Bertz CT molecular complexity index is 955. The Morgan fingerprint density at radius 3 is 2.59 bits per heavy atom. The maximum Gasteiger partial charge on any atom is 0.231 e. The Morgan fingerprint density at radius 1 is 1.27 bits per heavy atom. The van der Waals surface area contributed by atoms with Gasteiger partial charge in [-0.25, -0.2) is 12.8 Å². The lowest BCUT2D eigenvalue weighted by Crippen LogP contribution is -2.10. The smallest absolute Gasteiger partial charge is 0.231 e. The molecule has 0 radical (unpaired) electrons. The lowest BCUT2D eigenvalue weighted by Gasteiger charge is -2.07. The Kier molecular flexibility index (Phi) is 3.54. The highest BCUT2D eigenvalue weighted by Crippen LogP contribution is 2.36. The summed E-state index contributed by atoms with van der Waals surface area (Å²) in [5.41, 5.74) is 1.24. The molecule has 1 aromatic heterocycles. The second-order valence-electron chi connectivity index (χ2n) is 4.79. The molecule has 0 spiro atoms. The molecule has 114 valence electrons. The van der Waals surface area contributed by atoms with Crippen LogP contribution in [0.3, 0.4) is 0 Å². The molecule has 0 bridgehead atoms. The van der Waals surface area contributed by atoms with Crippen LogP contribution >= 0.6 is 11.6 Å². The van der Waals surface area contributed by atoms with E-state index in [9.17, 15) is 12.8 Å². The SMILES string of the molecule is CS(=O)(=O)Nc1n[nH]c2c(F)c(Cl)c(-c3ccccc3)cc12. The van der Waals surface area contributed by atoms with Gasteiger partial charge in [0, 0.05) is 10.9 Å². The van der Waals surface area contributed by atoms with Gasteiger partial charge in [0.25, 0.3) is 0 Å². The maximum absolute atomic E-state index is 14.4. The van der Waals surface area contributed by atoms with Crippen molar-refractivity contribution in [1.82, 2.24) is 10.2 Å². The van der Waals surface area contributed by atoms with Crippen LogP contribution in [0.4, 0.5) is 10.2 Å². The van der Waals surface area contributed by atoms with Crippen LogP contribution < -0.4 is 4.72 Å². The van der Waals surface area contributed by atoms with Gasteiger partial charge in [0.2, 0.25) is 10.0 Å². The summed E-state index contributed by atoms with van der Waals surface area (Å²) in [7, 11) is -3.53. The number of halogens is 2. The summed E-state index contributed by atoms with van der Waals surface area (Å²) < 4.78 is 39.4. The minimum absolute atomic E-state index is 0.0326. The lowest BCUT2D eigenvalue weighted by molar-refractivity contribution is 0.606. The first kappa shape index (κ1) is 14.8. The molecular weight excluding hydrogens is 329 g/mol. The summed E-state index contributed by atoms with van der Waals surface area (Å²) in [6.45, 7) is 0. The van der Waals surface area contributed by atoms with E-state index in [1.165, 1.54) is 0 Å². The molecule has 8 heteroatoms. The third-order valence-electron chi connectivity index (χ3n) is 3.11. The van der Waals surface area contributed by atoms with Crippen LogP contribution in [-0.4, -0.2) is 24.9 Å². The predicted octanol–water partition coefficient (Wildman–Crippen LogP) is 3.39. The number of H-pyrrole nitrogens is 1. The topological polar surface area (TPSA) is 74.8 Å². The van der Waals surface area contributed by atoms with Gasteiger partial charge in [-0.05, 0) is 11.6 Å². The van der Waals surface area contributed by atoms with Crippen molar-refractivity contribution >= 4 is 38.3 Å². The van der Waals surface area contributed by atoms with Crippen molar-refractivity contribution in [3.05, 3.63) is 47.2 Å². The van der Waals surface area contributed by atoms with Crippen molar-refractivity contribution in [3.63, 3.8) is 0 Å². The number of aromatic amines is 1. The van der Waals surface area contributed by atoms with E-state index in [2.05, 4.69) is 14.9 Å². The fraction of sp³-hybridized carbons (Fsp3) is 0.0714. The number of hydrogen-bond donors (Lipinski definition) is 2. The molecule has 2 N–H and O–H groups in total. The van der Waals surface area contributed by atoms with Gasteiger partial charge in [0.15, 0.2) is 11.6 Å². The van der Waals surface area contributed by atoms with E-state index in [1.807, 2.05) is 6.07 Å². The fourth-order valence-electron chi connectivity index (χ4n) is 2.18. The van der Waals surface area contributed by atoms with Crippen LogP contribution in [0, 0.1) is 5.82 Å². The van der Waals surface area contributed by atoms with Crippen molar-refractivity contribution in [3.8, 4) is 11.1 Å². The van der Waals surface area contributed by atoms with Crippen LogP contribution in [0.25, 0.3) is 22.0 Å². The molecule has 3 rings (SSSR count). The van der Waals surface area contributed by atoms with Gasteiger partial charge < -0.3 is 0 Å². The first-order valence-electron chi connectivity index (χ1n) is 6.26. The van der Waals surface area contributed by atoms with Gasteiger partial charge in [-0.1, -0.05) is 41.9 Å². The highest BCUT2D eigenvalue weighted by molar-refractivity contribution is 7.92. The van der Waals surface area contributed by atoms with E-state index in [-0.39, 0.29) is 16.4 Å². The normalized spacial score (nSPS) is 11.8.